The van der Waals surface area contributed by atoms with Gasteiger partial charge in [-0.15, -0.1) is 10.2 Å². The van der Waals surface area contributed by atoms with Crippen LogP contribution in [0.15, 0.2) is 79.1 Å². The summed E-state index contributed by atoms with van der Waals surface area (Å²) in [5.74, 6) is 9.31. The summed E-state index contributed by atoms with van der Waals surface area (Å²) in [7, 11) is 1.78. The number of rotatable bonds is 6. The highest BCUT2D eigenvalue weighted by molar-refractivity contribution is 5.95. The zero-order chi connectivity index (χ0) is 25.0. The molecule has 1 aliphatic carbocycles. The van der Waals surface area contributed by atoms with Crippen molar-refractivity contribution in [3.63, 3.8) is 0 Å². The summed E-state index contributed by atoms with van der Waals surface area (Å²) in [6.45, 7) is 0. The van der Waals surface area contributed by atoms with Gasteiger partial charge in [0.15, 0.2) is 5.82 Å². The van der Waals surface area contributed by atoms with Gasteiger partial charge in [-0.2, -0.15) is 0 Å². The Morgan fingerprint density at radius 2 is 1.70 bits per heavy atom. The number of ether oxygens (including phenoxy) is 1. The SMILES string of the molecule is CNc1nccc(-c2cccnc2Oc2ccc(Nc3nnc(C#CC4CC4)c4ccccc34)cc2)n1. The number of hydrogen-bond acceptors (Lipinski definition) is 8. The average molecular weight is 486 g/mol. The van der Waals surface area contributed by atoms with Crippen LogP contribution in [-0.4, -0.2) is 32.2 Å². The summed E-state index contributed by atoms with van der Waals surface area (Å²) >= 11 is 0. The van der Waals surface area contributed by atoms with E-state index in [2.05, 4.69) is 47.6 Å². The van der Waals surface area contributed by atoms with Gasteiger partial charge in [0.05, 0.1) is 11.3 Å². The van der Waals surface area contributed by atoms with Crippen LogP contribution in [-0.2, 0) is 0 Å². The van der Waals surface area contributed by atoms with Crippen molar-refractivity contribution in [1.29, 1.82) is 0 Å². The normalized spacial score (nSPS) is 12.5. The second kappa shape index (κ2) is 9.91. The number of nitrogens with one attached hydrogen (secondary N) is 2. The van der Waals surface area contributed by atoms with E-state index >= 15 is 0 Å². The van der Waals surface area contributed by atoms with Crippen LogP contribution in [0.5, 0.6) is 11.6 Å². The van der Waals surface area contributed by atoms with Gasteiger partial charge in [-0.05, 0) is 61.2 Å². The van der Waals surface area contributed by atoms with Crippen LogP contribution in [0.1, 0.15) is 18.5 Å². The number of benzene rings is 2. The molecule has 2 aromatic carbocycles. The molecule has 1 fully saturated rings. The zero-order valence-electron chi connectivity index (χ0n) is 20.1. The Morgan fingerprint density at radius 3 is 2.51 bits per heavy atom. The molecular weight excluding hydrogens is 462 g/mol. The summed E-state index contributed by atoms with van der Waals surface area (Å²) < 4.78 is 6.12. The molecule has 6 rings (SSSR count). The Morgan fingerprint density at radius 1 is 0.865 bits per heavy atom. The Labute approximate surface area is 214 Å². The molecule has 0 spiro atoms. The van der Waals surface area contributed by atoms with Gasteiger partial charge in [0.25, 0.3) is 0 Å². The minimum atomic E-state index is 0.462. The molecule has 0 atom stereocenters. The molecule has 3 aromatic heterocycles. The maximum Gasteiger partial charge on any atom is 0.228 e. The Kier molecular flexibility index (Phi) is 6.01. The second-order valence-electron chi connectivity index (χ2n) is 8.61. The molecule has 0 radical (unpaired) electrons. The number of nitrogens with zero attached hydrogens (tertiary/aromatic N) is 5. The van der Waals surface area contributed by atoms with Gasteiger partial charge in [0.1, 0.15) is 11.4 Å². The monoisotopic (exact) mass is 485 g/mol. The molecule has 1 aliphatic rings. The molecule has 180 valence electrons. The number of fused-ring (bicyclic) bond motifs is 1. The molecule has 0 aliphatic heterocycles. The summed E-state index contributed by atoms with van der Waals surface area (Å²) in [6, 6.07) is 21.3. The van der Waals surface area contributed by atoms with Crippen LogP contribution < -0.4 is 15.4 Å². The first-order valence-electron chi connectivity index (χ1n) is 12.0. The zero-order valence-corrected chi connectivity index (χ0v) is 20.1. The van der Waals surface area contributed by atoms with E-state index < -0.39 is 0 Å². The van der Waals surface area contributed by atoms with E-state index in [1.165, 1.54) is 12.8 Å². The molecule has 0 bridgehead atoms. The van der Waals surface area contributed by atoms with Gasteiger partial charge in [-0.1, -0.05) is 30.2 Å². The summed E-state index contributed by atoms with van der Waals surface area (Å²) in [5, 5.41) is 17.1. The van der Waals surface area contributed by atoms with Crippen LogP contribution in [0, 0.1) is 17.8 Å². The van der Waals surface area contributed by atoms with E-state index in [0.717, 1.165) is 27.7 Å². The lowest BCUT2D eigenvalue weighted by Crippen LogP contribution is -2.00. The maximum absolute atomic E-state index is 6.12. The predicted octanol–water partition coefficient (Wildman–Crippen LogP) is 5.82. The van der Waals surface area contributed by atoms with E-state index in [-0.39, 0.29) is 0 Å². The maximum atomic E-state index is 6.12. The molecule has 37 heavy (non-hydrogen) atoms. The van der Waals surface area contributed by atoms with Crippen molar-refractivity contribution in [3.8, 4) is 34.7 Å². The molecule has 8 heteroatoms. The van der Waals surface area contributed by atoms with E-state index in [1.54, 1.807) is 19.4 Å². The second-order valence-corrected chi connectivity index (χ2v) is 8.61. The minimum Gasteiger partial charge on any atom is -0.438 e. The number of anilines is 3. The van der Waals surface area contributed by atoms with Crippen molar-refractivity contribution in [2.45, 2.75) is 12.8 Å². The standard InChI is InChI=1S/C29H23N7O/c1-30-29-32-18-16-25(34-29)24-7-4-17-31-28(24)37-21-13-11-20(12-14-21)33-27-23-6-3-2-5-22(23)26(35-36-27)15-10-19-8-9-19/h2-7,11-14,16-19H,8-9H2,1H3,(H,33,36)(H,30,32,34). The highest BCUT2D eigenvalue weighted by atomic mass is 16.5. The van der Waals surface area contributed by atoms with Crippen LogP contribution in [0.4, 0.5) is 17.5 Å². The summed E-state index contributed by atoms with van der Waals surface area (Å²) in [4.78, 5) is 13.1. The third-order valence-corrected chi connectivity index (χ3v) is 5.92. The van der Waals surface area contributed by atoms with Crippen molar-refractivity contribution < 1.29 is 4.74 Å². The number of pyridine rings is 1. The van der Waals surface area contributed by atoms with E-state index in [0.29, 0.717) is 35.0 Å². The van der Waals surface area contributed by atoms with E-state index in [4.69, 9.17) is 4.74 Å². The van der Waals surface area contributed by atoms with Gasteiger partial charge in [0.2, 0.25) is 11.8 Å². The lowest BCUT2D eigenvalue weighted by atomic mass is 10.1. The highest BCUT2D eigenvalue weighted by Gasteiger charge is 2.18. The first-order valence-corrected chi connectivity index (χ1v) is 12.0. The van der Waals surface area contributed by atoms with Gasteiger partial charge in [-0.25, -0.2) is 15.0 Å². The largest absolute Gasteiger partial charge is 0.438 e. The fourth-order valence-corrected chi connectivity index (χ4v) is 3.84. The first kappa shape index (κ1) is 22.4. The van der Waals surface area contributed by atoms with Gasteiger partial charge in [-0.3, -0.25) is 0 Å². The van der Waals surface area contributed by atoms with Crippen molar-refractivity contribution in [3.05, 3.63) is 84.8 Å². The van der Waals surface area contributed by atoms with Crippen LogP contribution in [0.25, 0.3) is 22.0 Å². The van der Waals surface area contributed by atoms with Gasteiger partial charge < -0.3 is 15.4 Å². The topological polar surface area (TPSA) is 97.7 Å². The fraction of sp³-hybridized carbons (Fsp3) is 0.138. The fourth-order valence-electron chi connectivity index (χ4n) is 3.84. The first-order chi connectivity index (χ1) is 18.3. The molecule has 0 amide bonds. The lowest BCUT2D eigenvalue weighted by Gasteiger charge is -2.12. The summed E-state index contributed by atoms with van der Waals surface area (Å²) in [5.41, 5.74) is 3.07. The smallest absolute Gasteiger partial charge is 0.228 e. The van der Waals surface area contributed by atoms with Gasteiger partial charge in [0, 0.05) is 41.8 Å². The molecular formula is C29H23N7O. The lowest BCUT2D eigenvalue weighted by molar-refractivity contribution is 0.465. The average Bonchev–Trinajstić information content (AvgIpc) is 3.79. The molecule has 5 aromatic rings. The molecule has 8 nitrogen and oxygen atoms in total. The molecule has 3 heterocycles. The van der Waals surface area contributed by atoms with Gasteiger partial charge >= 0.3 is 0 Å². The summed E-state index contributed by atoms with van der Waals surface area (Å²) in [6.07, 6.45) is 5.75. The van der Waals surface area contributed by atoms with E-state index in [1.807, 2.05) is 66.7 Å². The third kappa shape index (κ3) is 5.02. The van der Waals surface area contributed by atoms with E-state index in [9.17, 15) is 0 Å². The third-order valence-electron chi connectivity index (χ3n) is 5.92. The van der Waals surface area contributed by atoms with Crippen LogP contribution in [0.3, 0.4) is 0 Å². The molecule has 0 unspecified atom stereocenters. The quantitative estimate of drug-likeness (QED) is 0.290. The van der Waals surface area contributed by atoms with Crippen molar-refractivity contribution >= 4 is 28.2 Å². The highest BCUT2D eigenvalue weighted by Crippen LogP contribution is 2.32. The van der Waals surface area contributed by atoms with Crippen molar-refractivity contribution in [2.24, 2.45) is 5.92 Å². The Balaban J connectivity index is 1.23. The van der Waals surface area contributed by atoms with Crippen molar-refractivity contribution in [1.82, 2.24) is 25.1 Å². The molecule has 2 N–H and O–H groups in total. The van der Waals surface area contributed by atoms with Crippen LogP contribution in [0.2, 0.25) is 0 Å². The van der Waals surface area contributed by atoms with Crippen molar-refractivity contribution in [2.75, 3.05) is 17.7 Å². The number of aromatic nitrogens is 5. The Bertz CT molecular complexity index is 1640. The molecule has 0 saturated heterocycles. The number of hydrogen-bond donors (Lipinski definition) is 2. The van der Waals surface area contributed by atoms with Crippen LogP contribution >= 0.6 is 0 Å². The Hall–Kier alpha value is -5.03. The minimum absolute atomic E-state index is 0.462. The predicted molar refractivity (Wildman–Crippen MR) is 144 cm³/mol. The molecule has 1 saturated carbocycles.